The molecule has 0 aliphatic carbocycles. The fourth-order valence-electron chi connectivity index (χ4n) is 2.59. The summed E-state index contributed by atoms with van der Waals surface area (Å²) in [5.74, 6) is 6.17. The van der Waals surface area contributed by atoms with Crippen molar-refractivity contribution in [3.05, 3.63) is 29.3 Å². The van der Waals surface area contributed by atoms with E-state index in [1.54, 1.807) is 13.3 Å². The number of ether oxygens (including phenoxy) is 1. The molecule has 4 nitrogen and oxygen atoms in total. The van der Waals surface area contributed by atoms with Crippen molar-refractivity contribution in [3.8, 4) is 5.75 Å². The lowest BCUT2D eigenvalue weighted by Crippen LogP contribution is -2.24. The van der Waals surface area contributed by atoms with E-state index in [0.29, 0.717) is 0 Å². The summed E-state index contributed by atoms with van der Waals surface area (Å²) in [5, 5.41) is 3.65. The first-order chi connectivity index (χ1) is 9.33. The molecule has 1 fully saturated rings. The largest absolute Gasteiger partial charge is 0.497 e. The maximum atomic E-state index is 5.31. The van der Waals surface area contributed by atoms with E-state index in [9.17, 15) is 0 Å². The second-order valence-electron chi connectivity index (χ2n) is 5.03. The molecule has 2 N–H and O–H groups in total. The first kappa shape index (κ1) is 13.9. The Morgan fingerprint density at radius 3 is 2.63 bits per heavy atom. The molecule has 2 rings (SSSR count). The Morgan fingerprint density at radius 2 is 2.00 bits per heavy atom. The molecule has 19 heavy (non-hydrogen) atoms. The molecule has 0 radical (unpaired) electrons. The van der Waals surface area contributed by atoms with Crippen LogP contribution in [0, 0.1) is 0 Å². The summed E-state index contributed by atoms with van der Waals surface area (Å²) >= 11 is 0. The predicted molar refractivity (Wildman–Crippen MR) is 78.5 cm³/mol. The Kier molecular flexibility index (Phi) is 5.21. The van der Waals surface area contributed by atoms with E-state index in [-0.39, 0.29) is 0 Å². The zero-order valence-electron chi connectivity index (χ0n) is 11.6. The van der Waals surface area contributed by atoms with Crippen LogP contribution in [0.4, 0.5) is 0 Å². The van der Waals surface area contributed by atoms with Gasteiger partial charge >= 0.3 is 0 Å². The van der Waals surface area contributed by atoms with Gasteiger partial charge in [-0.15, -0.1) is 0 Å². The standard InChI is InChI=1S/C15H23N3O/c1-19-15-7-6-13(11-17-16)14(10-15)12-18-8-4-2-3-5-9-18/h6-7,10-11H,2-5,8-9,12,16H2,1H3. The first-order valence-corrected chi connectivity index (χ1v) is 6.96. The van der Waals surface area contributed by atoms with E-state index >= 15 is 0 Å². The molecule has 0 bridgehead atoms. The van der Waals surface area contributed by atoms with Crippen molar-refractivity contribution in [1.82, 2.24) is 4.90 Å². The highest BCUT2D eigenvalue weighted by Gasteiger charge is 2.12. The van der Waals surface area contributed by atoms with Crippen LogP contribution in [-0.2, 0) is 6.54 Å². The average molecular weight is 261 g/mol. The Hall–Kier alpha value is -1.55. The van der Waals surface area contributed by atoms with Gasteiger partial charge in [-0.1, -0.05) is 12.8 Å². The SMILES string of the molecule is COc1ccc(C=NN)c(CN2CCCCCC2)c1. The molecule has 1 saturated heterocycles. The highest BCUT2D eigenvalue weighted by Crippen LogP contribution is 2.20. The molecule has 0 atom stereocenters. The van der Waals surface area contributed by atoms with Crippen LogP contribution in [0.15, 0.2) is 23.3 Å². The van der Waals surface area contributed by atoms with Crippen LogP contribution in [0.3, 0.4) is 0 Å². The van der Waals surface area contributed by atoms with Crippen LogP contribution in [0.1, 0.15) is 36.8 Å². The summed E-state index contributed by atoms with van der Waals surface area (Å²) in [6, 6.07) is 6.05. The van der Waals surface area contributed by atoms with E-state index in [2.05, 4.69) is 16.1 Å². The van der Waals surface area contributed by atoms with Gasteiger partial charge in [0.05, 0.1) is 13.3 Å². The minimum atomic E-state index is 0.888. The number of rotatable bonds is 4. The van der Waals surface area contributed by atoms with E-state index in [1.165, 1.54) is 44.3 Å². The van der Waals surface area contributed by atoms with Gasteiger partial charge in [-0.25, -0.2) is 0 Å². The highest BCUT2D eigenvalue weighted by molar-refractivity contribution is 5.81. The average Bonchev–Trinajstić information content (AvgIpc) is 2.69. The van der Waals surface area contributed by atoms with Gasteiger partial charge in [-0.05, 0) is 55.3 Å². The lowest BCUT2D eigenvalue weighted by Gasteiger charge is -2.21. The van der Waals surface area contributed by atoms with Gasteiger partial charge in [0, 0.05) is 6.54 Å². The van der Waals surface area contributed by atoms with Crippen molar-refractivity contribution in [1.29, 1.82) is 0 Å². The van der Waals surface area contributed by atoms with Crippen LogP contribution in [0.25, 0.3) is 0 Å². The summed E-state index contributed by atoms with van der Waals surface area (Å²) in [6.07, 6.45) is 7.01. The van der Waals surface area contributed by atoms with Crippen LogP contribution in [0.2, 0.25) is 0 Å². The van der Waals surface area contributed by atoms with Crippen molar-refractivity contribution in [2.45, 2.75) is 32.2 Å². The molecular weight excluding hydrogens is 238 g/mol. The first-order valence-electron chi connectivity index (χ1n) is 6.96. The number of methoxy groups -OCH3 is 1. The second kappa shape index (κ2) is 7.14. The summed E-state index contributed by atoms with van der Waals surface area (Å²) in [7, 11) is 1.70. The summed E-state index contributed by atoms with van der Waals surface area (Å²) in [4.78, 5) is 2.51. The van der Waals surface area contributed by atoms with Crippen LogP contribution >= 0.6 is 0 Å². The maximum absolute atomic E-state index is 5.31. The van der Waals surface area contributed by atoms with Gasteiger partial charge in [0.1, 0.15) is 5.75 Å². The molecule has 1 aliphatic heterocycles. The highest BCUT2D eigenvalue weighted by atomic mass is 16.5. The molecule has 0 amide bonds. The number of likely N-dealkylation sites (tertiary alicyclic amines) is 1. The molecule has 1 aromatic carbocycles. The molecule has 4 heteroatoms. The fraction of sp³-hybridized carbons (Fsp3) is 0.533. The number of hydrazone groups is 1. The molecule has 0 unspecified atom stereocenters. The molecule has 0 spiro atoms. The minimum absolute atomic E-state index is 0.888. The third kappa shape index (κ3) is 3.96. The quantitative estimate of drug-likeness (QED) is 0.514. The topological polar surface area (TPSA) is 50.9 Å². The fourth-order valence-corrected chi connectivity index (χ4v) is 2.59. The summed E-state index contributed by atoms with van der Waals surface area (Å²) in [6.45, 7) is 3.30. The van der Waals surface area contributed by atoms with Gasteiger partial charge in [-0.2, -0.15) is 5.10 Å². The normalized spacial score (nSPS) is 17.5. The van der Waals surface area contributed by atoms with Gasteiger partial charge in [0.25, 0.3) is 0 Å². The monoisotopic (exact) mass is 261 g/mol. The lowest BCUT2D eigenvalue weighted by atomic mass is 10.1. The Morgan fingerprint density at radius 1 is 1.26 bits per heavy atom. The molecular formula is C15H23N3O. The molecule has 0 aromatic heterocycles. The van der Waals surface area contributed by atoms with Gasteiger partial charge in [0.15, 0.2) is 0 Å². The molecule has 1 aromatic rings. The van der Waals surface area contributed by atoms with Crippen molar-refractivity contribution >= 4 is 6.21 Å². The minimum Gasteiger partial charge on any atom is -0.497 e. The molecule has 0 saturated carbocycles. The van der Waals surface area contributed by atoms with Crippen LogP contribution in [-0.4, -0.2) is 31.3 Å². The van der Waals surface area contributed by atoms with Crippen molar-refractivity contribution < 1.29 is 4.74 Å². The van der Waals surface area contributed by atoms with E-state index in [0.717, 1.165) is 17.9 Å². The molecule has 1 heterocycles. The summed E-state index contributed by atoms with van der Waals surface area (Å²) in [5.41, 5.74) is 2.31. The third-order valence-corrected chi connectivity index (χ3v) is 3.66. The van der Waals surface area contributed by atoms with E-state index < -0.39 is 0 Å². The smallest absolute Gasteiger partial charge is 0.119 e. The Balaban J connectivity index is 2.15. The van der Waals surface area contributed by atoms with Crippen LogP contribution in [0.5, 0.6) is 5.75 Å². The lowest BCUT2D eigenvalue weighted by molar-refractivity contribution is 0.276. The Labute approximate surface area is 115 Å². The van der Waals surface area contributed by atoms with E-state index in [1.807, 2.05) is 12.1 Å². The number of nitrogens with two attached hydrogens (primary N) is 1. The van der Waals surface area contributed by atoms with Gasteiger partial charge in [-0.3, -0.25) is 4.90 Å². The van der Waals surface area contributed by atoms with Crippen molar-refractivity contribution in [2.75, 3.05) is 20.2 Å². The zero-order chi connectivity index (χ0) is 13.5. The number of benzene rings is 1. The van der Waals surface area contributed by atoms with E-state index in [4.69, 9.17) is 10.6 Å². The number of hydrogen-bond acceptors (Lipinski definition) is 4. The number of nitrogens with zero attached hydrogens (tertiary/aromatic N) is 2. The van der Waals surface area contributed by atoms with Gasteiger partial charge < -0.3 is 10.6 Å². The van der Waals surface area contributed by atoms with Crippen molar-refractivity contribution in [3.63, 3.8) is 0 Å². The number of hydrogen-bond donors (Lipinski definition) is 1. The van der Waals surface area contributed by atoms with Crippen LogP contribution < -0.4 is 10.6 Å². The summed E-state index contributed by atoms with van der Waals surface area (Å²) < 4.78 is 5.31. The zero-order valence-corrected chi connectivity index (χ0v) is 11.6. The predicted octanol–water partition coefficient (Wildman–Crippen LogP) is 2.36. The second-order valence-corrected chi connectivity index (χ2v) is 5.03. The van der Waals surface area contributed by atoms with Crippen molar-refractivity contribution in [2.24, 2.45) is 10.9 Å². The Bertz CT molecular complexity index is 423. The molecule has 1 aliphatic rings. The maximum Gasteiger partial charge on any atom is 0.119 e. The molecule has 104 valence electrons. The third-order valence-electron chi connectivity index (χ3n) is 3.66. The van der Waals surface area contributed by atoms with Gasteiger partial charge in [0.2, 0.25) is 0 Å².